The maximum absolute atomic E-state index is 2.40. The first-order valence-corrected chi connectivity index (χ1v) is 7.88. The molecule has 0 aromatic heterocycles. The Balaban J connectivity index is -0.0000000711. The monoisotopic (exact) mass is 660 g/mol. The smallest absolute Gasteiger partial charge is 0 e. The van der Waals surface area contributed by atoms with Crippen molar-refractivity contribution in [1.29, 1.82) is 0 Å². The van der Waals surface area contributed by atoms with Gasteiger partial charge in [-0.3, -0.25) is 0 Å². The molecule has 0 atom stereocenters. The zero-order valence-corrected chi connectivity index (χ0v) is 19.5. The Kier molecular flexibility index (Phi) is 38.1. The van der Waals surface area contributed by atoms with Crippen LogP contribution in [0.1, 0.15) is 88.5 Å². The molecule has 0 amide bonds. The Bertz CT molecular complexity index is 118. The van der Waals surface area contributed by atoms with Crippen molar-refractivity contribution in [3.05, 3.63) is 12.8 Å². The molecule has 0 heterocycles. The zero-order chi connectivity index (χ0) is 14.6. The molecule has 0 radical (unpaired) electrons. The molecule has 2 heteroatoms. The molecule has 0 aliphatic carbocycles. The third-order valence-corrected chi connectivity index (χ3v) is 2.55. The summed E-state index contributed by atoms with van der Waals surface area (Å²) in [7, 11) is 0. The molecule has 0 aliphatic heterocycles. The van der Waals surface area contributed by atoms with Gasteiger partial charge >= 0.3 is 0 Å². The second-order valence-electron chi connectivity index (χ2n) is 7.10. The summed E-state index contributed by atoms with van der Waals surface area (Å²) in [6, 6.07) is 0. The summed E-state index contributed by atoms with van der Waals surface area (Å²) < 4.78 is 0. The third-order valence-electron chi connectivity index (χ3n) is 2.55. The van der Waals surface area contributed by atoms with Crippen molar-refractivity contribution in [2.24, 2.45) is 23.7 Å². The molecule has 0 N–H and O–H groups in total. The maximum Gasteiger partial charge on any atom is 0 e. The summed E-state index contributed by atoms with van der Waals surface area (Å²) >= 11 is 0. The van der Waals surface area contributed by atoms with Gasteiger partial charge in [0.1, 0.15) is 0 Å². The Morgan fingerprint density at radius 1 is 0.476 bits per heavy atom. The van der Waals surface area contributed by atoms with Crippen LogP contribution in [0.25, 0.3) is 0 Å². The molecule has 0 saturated carbocycles. The average Bonchev–Trinajstić information content (AvgIpc) is 2.15. The summed E-state index contributed by atoms with van der Waals surface area (Å²) in [5, 5.41) is 0. The van der Waals surface area contributed by atoms with Crippen LogP contribution < -0.4 is 0 Å². The van der Waals surface area contributed by atoms with Crippen LogP contribution in [0.2, 0.25) is 0 Å². The van der Waals surface area contributed by atoms with E-state index < -0.39 is 0 Å². The van der Waals surface area contributed by atoms with Crippen molar-refractivity contribution in [2.45, 2.75) is 88.5 Å². The normalized spacial score (nSPS) is 9.71. The molecule has 0 nitrogen and oxygen atoms in total. The SMILES string of the molecule is C.CC(C)C[CH-]CC(C)C.CC(C)C[CH-]CC(C)C.[Pt].[Pt]. The second kappa shape index (κ2) is 23.6. The topological polar surface area (TPSA) is 0 Å². The standard InChI is InChI=1S/2C9H19.CH4.2Pt/c2*1-8(2)6-5-7-9(3)4;;;/h2*5,8-9H,6-7H2,1-4H3;1H4;;/q2*-1;;;. The van der Waals surface area contributed by atoms with E-state index in [1.807, 2.05) is 0 Å². The Hall–Kier alpha value is 1.38. The predicted octanol–water partition coefficient (Wildman–Crippen LogP) is 7.20. The minimum atomic E-state index is 0. The van der Waals surface area contributed by atoms with Gasteiger partial charge in [0.15, 0.2) is 0 Å². The quantitative estimate of drug-likeness (QED) is 0.242. The van der Waals surface area contributed by atoms with Crippen molar-refractivity contribution >= 4 is 0 Å². The molecule has 0 spiro atoms. The van der Waals surface area contributed by atoms with Gasteiger partial charge in [-0.1, -0.05) is 86.5 Å². The summed E-state index contributed by atoms with van der Waals surface area (Å²) in [6.45, 7) is 18.1. The van der Waals surface area contributed by atoms with Crippen molar-refractivity contribution in [3.8, 4) is 0 Å². The summed E-state index contributed by atoms with van der Waals surface area (Å²) in [4.78, 5) is 0. The van der Waals surface area contributed by atoms with E-state index >= 15 is 0 Å². The largest absolute Gasteiger partial charge is 0.328 e. The van der Waals surface area contributed by atoms with Gasteiger partial charge in [-0.25, -0.2) is 0 Å². The van der Waals surface area contributed by atoms with E-state index in [0.29, 0.717) is 0 Å². The second-order valence-corrected chi connectivity index (χ2v) is 7.10. The summed E-state index contributed by atoms with van der Waals surface area (Å²) in [6.07, 6.45) is 9.90. The van der Waals surface area contributed by atoms with E-state index in [1.54, 1.807) is 0 Å². The molecule has 0 rings (SSSR count). The van der Waals surface area contributed by atoms with Crippen LogP contribution in [0.15, 0.2) is 0 Å². The fourth-order valence-electron chi connectivity index (χ4n) is 1.53. The predicted molar refractivity (Wildman–Crippen MR) is 93.2 cm³/mol. The molecule has 21 heavy (non-hydrogen) atoms. The van der Waals surface area contributed by atoms with Gasteiger partial charge in [-0.15, -0.1) is 0 Å². The fraction of sp³-hybridized carbons (Fsp3) is 0.895. The molecular formula is C19H42Pt2-2. The van der Waals surface area contributed by atoms with E-state index in [-0.39, 0.29) is 49.6 Å². The van der Waals surface area contributed by atoms with Gasteiger partial charge in [-0.2, -0.15) is 25.7 Å². The first-order chi connectivity index (χ1) is 8.25. The molecule has 140 valence electrons. The molecule has 0 aromatic rings. The van der Waals surface area contributed by atoms with E-state index in [4.69, 9.17) is 0 Å². The number of hydrogen-bond acceptors (Lipinski definition) is 0. The molecule has 0 fully saturated rings. The maximum atomic E-state index is 2.40. The Morgan fingerprint density at radius 2 is 0.619 bits per heavy atom. The van der Waals surface area contributed by atoms with Crippen molar-refractivity contribution in [3.63, 3.8) is 0 Å². The number of hydrogen-bond donors (Lipinski definition) is 0. The molecule has 0 aliphatic rings. The van der Waals surface area contributed by atoms with Gasteiger partial charge in [0.2, 0.25) is 0 Å². The van der Waals surface area contributed by atoms with Crippen LogP contribution in [-0.4, -0.2) is 0 Å². The van der Waals surface area contributed by atoms with Crippen LogP contribution in [0, 0.1) is 36.5 Å². The van der Waals surface area contributed by atoms with Crippen LogP contribution in [0.4, 0.5) is 0 Å². The van der Waals surface area contributed by atoms with Gasteiger partial charge in [0.05, 0.1) is 0 Å². The first kappa shape index (κ1) is 33.9. The molecule has 0 aromatic carbocycles. The number of rotatable bonds is 8. The third kappa shape index (κ3) is 44.9. The van der Waals surface area contributed by atoms with E-state index in [0.717, 1.165) is 23.7 Å². The van der Waals surface area contributed by atoms with Crippen molar-refractivity contribution < 1.29 is 42.1 Å². The van der Waals surface area contributed by atoms with Crippen LogP contribution in [0.3, 0.4) is 0 Å². The fourth-order valence-corrected chi connectivity index (χ4v) is 1.53. The van der Waals surface area contributed by atoms with Gasteiger partial charge in [-0.05, 0) is 0 Å². The average molecular weight is 661 g/mol. The van der Waals surface area contributed by atoms with Crippen LogP contribution in [0.5, 0.6) is 0 Å². The molecular weight excluding hydrogens is 618 g/mol. The minimum absolute atomic E-state index is 0. The van der Waals surface area contributed by atoms with Crippen LogP contribution >= 0.6 is 0 Å². The van der Waals surface area contributed by atoms with E-state index in [9.17, 15) is 0 Å². The zero-order valence-electron chi connectivity index (χ0n) is 14.9. The summed E-state index contributed by atoms with van der Waals surface area (Å²) in [5.41, 5.74) is 0. The molecule has 0 unspecified atom stereocenters. The van der Waals surface area contributed by atoms with E-state index in [2.05, 4.69) is 68.2 Å². The van der Waals surface area contributed by atoms with Gasteiger partial charge < -0.3 is 12.8 Å². The van der Waals surface area contributed by atoms with Gasteiger partial charge in [0.25, 0.3) is 0 Å². The minimum Gasteiger partial charge on any atom is -0.328 e. The van der Waals surface area contributed by atoms with Gasteiger partial charge in [0, 0.05) is 42.1 Å². The van der Waals surface area contributed by atoms with Crippen molar-refractivity contribution in [1.82, 2.24) is 0 Å². The molecule has 0 saturated heterocycles. The molecule has 0 bridgehead atoms. The van der Waals surface area contributed by atoms with E-state index in [1.165, 1.54) is 25.7 Å². The first-order valence-electron chi connectivity index (χ1n) is 7.88. The van der Waals surface area contributed by atoms with Crippen molar-refractivity contribution in [2.75, 3.05) is 0 Å². The Morgan fingerprint density at radius 3 is 0.714 bits per heavy atom. The van der Waals surface area contributed by atoms with Crippen LogP contribution in [-0.2, 0) is 42.1 Å². The summed E-state index contributed by atoms with van der Waals surface area (Å²) in [5.74, 6) is 3.35. The Labute approximate surface area is 166 Å².